The summed E-state index contributed by atoms with van der Waals surface area (Å²) in [4.78, 5) is 12.0. The molecule has 0 bridgehead atoms. The molecule has 0 aliphatic heterocycles. The van der Waals surface area contributed by atoms with E-state index < -0.39 is 0 Å². The summed E-state index contributed by atoms with van der Waals surface area (Å²) in [5.74, 6) is 0.109. The van der Waals surface area contributed by atoms with Crippen molar-refractivity contribution in [3.05, 3.63) is 65.2 Å². The molecule has 1 heterocycles. The van der Waals surface area contributed by atoms with E-state index in [0.29, 0.717) is 11.5 Å². The fourth-order valence-electron chi connectivity index (χ4n) is 2.19. The van der Waals surface area contributed by atoms with Gasteiger partial charge in [-0.1, -0.05) is 41.0 Å². The number of amides is 1. The maximum Gasteiger partial charge on any atom is 0.322 e. The Hall–Kier alpha value is -2.95. The second-order valence-corrected chi connectivity index (χ2v) is 5.05. The number of nitrogens with zero attached hydrogens (tertiary/aromatic N) is 2. The van der Waals surface area contributed by atoms with Gasteiger partial charge in [-0.3, -0.25) is 10.1 Å². The molecule has 0 saturated carbocycles. The largest absolute Gasteiger partial charge is 0.403 e. The third-order valence-corrected chi connectivity index (χ3v) is 3.29. The molecule has 0 spiro atoms. The minimum atomic E-state index is -0.281. The molecule has 5 heteroatoms. The van der Waals surface area contributed by atoms with Crippen LogP contribution in [-0.2, 0) is 0 Å². The van der Waals surface area contributed by atoms with Crippen molar-refractivity contribution in [2.75, 3.05) is 5.32 Å². The van der Waals surface area contributed by atoms with Gasteiger partial charge < -0.3 is 4.42 Å². The van der Waals surface area contributed by atoms with Crippen molar-refractivity contribution in [1.29, 1.82) is 0 Å². The molecular formula is C17H15N3O2. The zero-order chi connectivity index (χ0) is 15.5. The van der Waals surface area contributed by atoms with Crippen LogP contribution in [0.4, 0.5) is 6.01 Å². The van der Waals surface area contributed by atoms with Gasteiger partial charge >= 0.3 is 6.01 Å². The Labute approximate surface area is 128 Å². The van der Waals surface area contributed by atoms with E-state index in [1.807, 2.05) is 38.1 Å². The highest BCUT2D eigenvalue weighted by atomic mass is 16.4. The van der Waals surface area contributed by atoms with E-state index in [9.17, 15) is 4.79 Å². The van der Waals surface area contributed by atoms with E-state index in [1.165, 1.54) is 5.56 Å². The number of rotatable bonds is 3. The highest BCUT2D eigenvalue weighted by Crippen LogP contribution is 2.24. The Balaban J connectivity index is 1.81. The van der Waals surface area contributed by atoms with Crippen molar-refractivity contribution in [3.8, 4) is 11.5 Å². The van der Waals surface area contributed by atoms with Crippen molar-refractivity contribution >= 4 is 11.9 Å². The molecule has 0 radical (unpaired) electrons. The number of aryl methyl sites for hydroxylation is 2. The lowest BCUT2D eigenvalue weighted by Crippen LogP contribution is -2.11. The average Bonchev–Trinajstić information content (AvgIpc) is 2.96. The fourth-order valence-corrected chi connectivity index (χ4v) is 2.19. The summed E-state index contributed by atoms with van der Waals surface area (Å²) in [6.45, 7) is 4.00. The molecule has 0 unspecified atom stereocenters. The van der Waals surface area contributed by atoms with Crippen molar-refractivity contribution in [2.24, 2.45) is 0 Å². The molecule has 1 aromatic heterocycles. The van der Waals surface area contributed by atoms with Crippen LogP contribution in [0.3, 0.4) is 0 Å². The van der Waals surface area contributed by atoms with E-state index in [4.69, 9.17) is 4.42 Å². The molecule has 0 fully saturated rings. The monoisotopic (exact) mass is 293 g/mol. The summed E-state index contributed by atoms with van der Waals surface area (Å²) in [5, 5.41) is 10.5. The van der Waals surface area contributed by atoms with E-state index >= 15 is 0 Å². The molecule has 1 amide bonds. The molecule has 3 rings (SSSR count). The first-order chi connectivity index (χ1) is 10.6. The van der Waals surface area contributed by atoms with Gasteiger partial charge in [-0.2, -0.15) is 0 Å². The standard InChI is InChI=1S/C17H15N3O2/c1-11-8-9-14(12(2)10-11)16-19-20-17(22-16)18-15(21)13-6-4-3-5-7-13/h3-10H,1-2H3,(H,18,20,21). The van der Waals surface area contributed by atoms with Gasteiger partial charge in [-0.15, -0.1) is 5.10 Å². The van der Waals surface area contributed by atoms with Crippen molar-refractivity contribution in [3.63, 3.8) is 0 Å². The molecule has 5 nitrogen and oxygen atoms in total. The van der Waals surface area contributed by atoms with Crippen LogP contribution in [0.5, 0.6) is 0 Å². The maximum atomic E-state index is 12.0. The predicted octanol–water partition coefficient (Wildman–Crippen LogP) is 3.61. The molecule has 2 aromatic carbocycles. The second-order valence-electron chi connectivity index (χ2n) is 5.05. The molecular weight excluding hydrogens is 278 g/mol. The van der Waals surface area contributed by atoms with Gasteiger partial charge in [-0.05, 0) is 37.6 Å². The maximum absolute atomic E-state index is 12.0. The number of hydrogen-bond donors (Lipinski definition) is 1. The molecule has 0 aliphatic carbocycles. The molecule has 0 aliphatic rings. The van der Waals surface area contributed by atoms with Crippen molar-refractivity contribution in [1.82, 2.24) is 10.2 Å². The zero-order valence-electron chi connectivity index (χ0n) is 12.3. The minimum Gasteiger partial charge on any atom is -0.403 e. The fraction of sp³-hybridized carbons (Fsp3) is 0.118. The number of nitrogens with one attached hydrogen (secondary N) is 1. The summed E-state index contributed by atoms with van der Waals surface area (Å²) in [5.41, 5.74) is 3.61. The summed E-state index contributed by atoms with van der Waals surface area (Å²) in [6, 6.07) is 14.9. The van der Waals surface area contributed by atoms with Crippen LogP contribution >= 0.6 is 0 Å². The van der Waals surface area contributed by atoms with Gasteiger partial charge in [0.1, 0.15) is 0 Å². The molecule has 0 saturated heterocycles. The first-order valence-electron chi connectivity index (χ1n) is 6.91. The Morgan fingerprint density at radius 3 is 2.55 bits per heavy atom. The van der Waals surface area contributed by atoms with Crippen LogP contribution in [0.1, 0.15) is 21.5 Å². The third-order valence-electron chi connectivity index (χ3n) is 3.29. The zero-order valence-corrected chi connectivity index (χ0v) is 12.3. The lowest BCUT2D eigenvalue weighted by molar-refractivity contribution is 0.102. The van der Waals surface area contributed by atoms with Crippen LogP contribution in [-0.4, -0.2) is 16.1 Å². The average molecular weight is 293 g/mol. The molecule has 110 valence electrons. The van der Waals surface area contributed by atoms with Crippen LogP contribution in [0.2, 0.25) is 0 Å². The Morgan fingerprint density at radius 1 is 1.05 bits per heavy atom. The smallest absolute Gasteiger partial charge is 0.322 e. The molecule has 1 N–H and O–H groups in total. The Bertz CT molecular complexity index is 810. The molecule has 0 atom stereocenters. The SMILES string of the molecule is Cc1ccc(-c2nnc(NC(=O)c3ccccc3)o2)c(C)c1. The molecule has 22 heavy (non-hydrogen) atoms. The van der Waals surface area contributed by atoms with Crippen LogP contribution < -0.4 is 5.32 Å². The summed E-state index contributed by atoms with van der Waals surface area (Å²) < 4.78 is 5.53. The quantitative estimate of drug-likeness (QED) is 0.801. The van der Waals surface area contributed by atoms with Gasteiger partial charge in [0.15, 0.2) is 0 Å². The first kappa shape index (κ1) is 14.0. The lowest BCUT2D eigenvalue weighted by Gasteiger charge is -2.02. The predicted molar refractivity (Wildman–Crippen MR) is 83.6 cm³/mol. The Kier molecular flexibility index (Phi) is 3.70. The van der Waals surface area contributed by atoms with E-state index in [0.717, 1.165) is 11.1 Å². The minimum absolute atomic E-state index is 0.0869. The summed E-state index contributed by atoms with van der Waals surface area (Å²) in [6.07, 6.45) is 0. The number of anilines is 1. The number of carbonyl (C=O) groups is 1. The van der Waals surface area contributed by atoms with E-state index in [-0.39, 0.29) is 11.9 Å². The number of hydrogen-bond acceptors (Lipinski definition) is 4. The highest BCUT2D eigenvalue weighted by molar-refractivity contribution is 6.03. The van der Waals surface area contributed by atoms with Gasteiger partial charge in [0.25, 0.3) is 5.91 Å². The highest BCUT2D eigenvalue weighted by Gasteiger charge is 2.13. The molecule has 3 aromatic rings. The lowest BCUT2D eigenvalue weighted by atomic mass is 10.1. The first-order valence-corrected chi connectivity index (χ1v) is 6.91. The second kappa shape index (κ2) is 5.81. The van der Waals surface area contributed by atoms with Crippen LogP contribution in [0.25, 0.3) is 11.5 Å². The van der Waals surface area contributed by atoms with E-state index in [2.05, 4.69) is 15.5 Å². The third kappa shape index (κ3) is 2.88. The number of benzene rings is 2. The Morgan fingerprint density at radius 2 is 1.82 bits per heavy atom. The summed E-state index contributed by atoms with van der Waals surface area (Å²) >= 11 is 0. The number of carbonyl (C=O) groups excluding carboxylic acids is 1. The van der Waals surface area contributed by atoms with Gasteiger partial charge in [0.05, 0.1) is 0 Å². The normalized spacial score (nSPS) is 10.5. The van der Waals surface area contributed by atoms with Gasteiger partial charge in [0, 0.05) is 11.1 Å². The summed E-state index contributed by atoms with van der Waals surface area (Å²) in [7, 11) is 0. The number of aromatic nitrogens is 2. The van der Waals surface area contributed by atoms with Gasteiger partial charge in [-0.25, -0.2) is 0 Å². The van der Waals surface area contributed by atoms with Crippen molar-refractivity contribution < 1.29 is 9.21 Å². The van der Waals surface area contributed by atoms with Gasteiger partial charge in [0.2, 0.25) is 5.89 Å². The van der Waals surface area contributed by atoms with Crippen LogP contribution in [0.15, 0.2) is 52.9 Å². The van der Waals surface area contributed by atoms with Crippen molar-refractivity contribution in [2.45, 2.75) is 13.8 Å². The topological polar surface area (TPSA) is 68.0 Å². The van der Waals surface area contributed by atoms with Crippen LogP contribution in [0, 0.1) is 13.8 Å². The van der Waals surface area contributed by atoms with E-state index in [1.54, 1.807) is 24.3 Å².